The molecule has 0 amide bonds. The topological polar surface area (TPSA) is 15.3 Å². The molecule has 1 saturated carbocycles. The van der Waals surface area contributed by atoms with E-state index in [4.69, 9.17) is 0 Å². The second-order valence-corrected chi connectivity index (χ2v) is 6.41. The molecule has 0 radical (unpaired) electrons. The number of para-hydroxylation sites is 1. The number of hydrogen-bond donors (Lipinski definition) is 1. The molecule has 1 heterocycles. The lowest BCUT2D eigenvalue weighted by Crippen LogP contribution is -2.39. The van der Waals surface area contributed by atoms with Gasteiger partial charge < -0.3 is 10.2 Å². The van der Waals surface area contributed by atoms with Crippen molar-refractivity contribution in [2.24, 2.45) is 5.92 Å². The predicted octanol–water partition coefficient (Wildman–Crippen LogP) is 3.39. The van der Waals surface area contributed by atoms with Crippen molar-refractivity contribution in [1.29, 1.82) is 0 Å². The van der Waals surface area contributed by atoms with E-state index in [2.05, 4.69) is 48.3 Å². The summed E-state index contributed by atoms with van der Waals surface area (Å²) in [5, 5.41) is 3.75. The van der Waals surface area contributed by atoms with Crippen LogP contribution in [0.25, 0.3) is 0 Å². The van der Waals surface area contributed by atoms with Gasteiger partial charge in [0.05, 0.1) is 0 Å². The van der Waals surface area contributed by atoms with Gasteiger partial charge in [-0.1, -0.05) is 32.0 Å². The normalized spacial score (nSPS) is 24.6. The smallest absolute Gasteiger partial charge is 0.0401 e. The lowest BCUT2D eigenvalue weighted by molar-refractivity contribution is 0.489. The van der Waals surface area contributed by atoms with Crippen molar-refractivity contribution in [2.45, 2.75) is 45.1 Å². The third kappa shape index (κ3) is 2.94. The van der Waals surface area contributed by atoms with Crippen LogP contribution in [0.3, 0.4) is 0 Å². The summed E-state index contributed by atoms with van der Waals surface area (Å²) in [6.45, 7) is 8.16. The van der Waals surface area contributed by atoms with E-state index in [9.17, 15) is 0 Å². The molecule has 2 aliphatic rings. The van der Waals surface area contributed by atoms with Gasteiger partial charge in [0.2, 0.25) is 0 Å². The maximum absolute atomic E-state index is 3.75. The number of hydrogen-bond acceptors (Lipinski definition) is 2. The van der Waals surface area contributed by atoms with Gasteiger partial charge in [-0.05, 0) is 49.3 Å². The van der Waals surface area contributed by atoms with E-state index < -0.39 is 0 Å². The fourth-order valence-electron chi connectivity index (χ4n) is 3.25. The number of nitrogens with one attached hydrogen (secondary N) is 1. The Morgan fingerprint density at radius 3 is 2.74 bits per heavy atom. The second kappa shape index (κ2) is 5.54. The van der Waals surface area contributed by atoms with Crippen LogP contribution in [0, 0.1) is 5.92 Å². The largest absolute Gasteiger partial charge is 0.370 e. The summed E-state index contributed by atoms with van der Waals surface area (Å²) in [7, 11) is 0. The minimum absolute atomic E-state index is 0.604. The molecule has 1 aromatic rings. The molecule has 19 heavy (non-hydrogen) atoms. The molecule has 0 spiro atoms. The minimum atomic E-state index is 0.604. The molecule has 1 aliphatic heterocycles. The van der Waals surface area contributed by atoms with Gasteiger partial charge in [0, 0.05) is 24.8 Å². The van der Waals surface area contributed by atoms with Crippen LogP contribution in [0.4, 0.5) is 5.69 Å². The predicted molar refractivity (Wildman–Crippen MR) is 81.9 cm³/mol. The highest BCUT2D eigenvalue weighted by atomic mass is 15.2. The molecule has 0 bridgehead atoms. The number of nitrogens with zero attached hydrogens (tertiary/aromatic N) is 1. The SMILES string of the molecule is CC(C)c1ccccc1N1CCCNC(C2CC2)C1. The summed E-state index contributed by atoms with van der Waals surface area (Å²) in [6.07, 6.45) is 4.12. The molecule has 1 aromatic carbocycles. The highest BCUT2D eigenvalue weighted by Gasteiger charge is 2.33. The van der Waals surface area contributed by atoms with E-state index in [0.29, 0.717) is 12.0 Å². The standard InChI is InChI=1S/C17H26N2/c1-13(2)15-6-3-4-7-17(15)19-11-5-10-18-16(12-19)14-8-9-14/h3-4,6-7,13-14,16,18H,5,8-12H2,1-2H3. The lowest BCUT2D eigenvalue weighted by atomic mass is 10.00. The molecule has 2 nitrogen and oxygen atoms in total. The van der Waals surface area contributed by atoms with Crippen LogP contribution in [0.5, 0.6) is 0 Å². The van der Waals surface area contributed by atoms with Crippen molar-refractivity contribution in [1.82, 2.24) is 5.32 Å². The summed E-state index contributed by atoms with van der Waals surface area (Å²) in [5.41, 5.74) is 2.96. The Hall–Kier alpha value is -1.02. The molecular formula is C17H26N2. The first-order valence-electron chi connectivity index (χ1n) is 7.83. The molecular weight excluding hydrogens is 232 g/mol. The quantitative estimate of drug-likeness (QED) is 0.894. The second-order valence-electron chi connectivity index (χ2n) is 6.41. The molecule has 2 heteroatoms. The van der Waals surface area contributed by atoms with Crippen LogP contribution < -0.4 is 10.2 Å². The number of benzene rings is 1. The van der Waals surface area contributed by atoms with E-state index in [1.165, 1.54) is 50.1 Å². The van der Waals surface area contributed by atoms with Crippen molar-refractivity contribution in [3.8, 4) is 0 Å². The molecule has 0 aromatic heterocycles. The first kappa shape index (κ1) is 13.0. The summed E-state index contributed by atoms with van der Waals surface area (Å²) in [6, 6.07) is 9.68. The molecule has 1 aliphatic carbocycles. The highest BCUT2D eigenvalue weighted by molar-refractivity contribution is 5.55. The zero-order chi connectivity index (χ0) is 13.2. The zero-order valence-electron chi connectivity index (χ0n) is 12.2. The van der Waals surface area contributed by atoms with E-state index in [1.807, 2.05) is 0 Å². The average molecular weight is 258 g/mol. The highest BCUT2D eigenvalue weighted by Crippen LogP contribution is 2.35. The lowest BCUT2D eigenvalue weighted by Gasteiger charge is -2.29. The van der Waals surface area contributed by atoms with E-state index in [0.717, 1.165) is 5.92 Å². The molecule has 1 N–H and O–H groups in total. The number of anilines is 1. The Morgan fingerprint density at radius 2 is 2.00 bits per heavy atom. The van der Waals surface area contributed by atoms with Crippen molar-refractivity contribution >= 4 is 5.69 Å². The van der Waals surface area contributed by atoms with Gasteiger partial charge in [-0.3, -0.25) is 0 Å². The first-order chi connectivity index (χ1) is 9.25. The van der Waals surface area contributed by atoms with Gasteiger partial charge in [-0.15, -0.1) is 0 Å². The molecule has 1 atom stereocenters. The van der Waals surface area contributed by atoms with Crippen molar-refractivity contribution in [3.63, 3.8) is 0 Å². The van der Waals surface area contributed by atoms with E-state index in [-0.39, 0.29) is 0 Å². The van der Waals surface area contributed by atoms with Gasteiger partial charge in [-0.2, -0.15) is 0 Å². The Bertz CT molecular complexity index is 423. The summed E-state index contributed by atoms with van der Waals surface area (Å²) in [5.74, 6) is 1.54. The zero-order valence-corrected chi connectivity index (χ0v) is 12.2. The summed E-state index contributed by atoms with van der Waals surface area (Å²) >= 11 is 0. The third-order valence-electron chi connectivity index (χ3n) is 4.52. The fraction of sp³-hybridized carbons (Fsp3) is 0.647. The molecule has 104 valence electrons. The van der Waals surface area contributed by atoms with Crippen molar-refractivity contribution in [3.05, 3.63) is 29.8 Å². The van der Waals surface area contributed by atoms with Crippen LogP contribution in [0.15, 0.2) is 24.3 Å². The number of rotatable bonds is 3. The van der Waals surface area contributed by atoms with E-state index in [1.54, 1.807) is 0 Å². The van der Waals surface area contributed by atoms with Crippen LogP contribution in [0.2, 0.25) is 0 Å². The monoisotopic (exact) mass is 258 g/mol. The molecule has 1 unspecified atom stereocenters. The van der Waals surface area contributed by atoms with Gasteiger partial charge in [-0.25, -0.2) is 0 Å². The maximum Gasteiger partial charge on any atom is 0.0401 e. The Morgan fingerprint density at radius 1 is 1.21 bits per heavy atom. The van der Waals surface area contributed by atoms with Gasteiger partial charge in [0.15, 0.2) is 0 Å². The van der Waals surface area contributed by atoms with Crippen LogP contribution in [-0.2, 0) is 0 Å². The fourth-order valence-corrected chi connectivity index (χ4v) is 3.25. The van der Waals surface area contributed by atoms with Gasteiger partial charge in [0.1, 0.15) is 0 Å². The first-order valence-corrected chi connectivity index (χ1v) is 7.83. The van der Waals surface area contributed by atoms with Crippen molar-refractivity contribution < 1.29 is 0 Å². The Balaban J connectivity index is 1.83. The maximum atomic E-state index is 3.75. The Labute approximate surface area is 117 Å². The van der Waals surface area contributed by atoms with Gasteiger partial charge in [0.25, 0.3) is 0 Å². The summed E-state index contributed by atoms with van der Waals surface area (Å²) < 4.78 is 0. The van der Waals surface area contributed by atoms with Crippen molar-refractivity contribution in [2.75, 3.05) is 24.5 Å². The summed E-state index contributed by atoms with van der Waals surface area (Å²) in [4.78, 5) is 2.62. The minimum Gasteiger partial charge on any atom is -0.370 e. The van der Waals surface area contributed by atoms with Crippen LogP contribution >= 0.6 is 0 Å². The molecule has 2 fully saturated rings. The Kier molecular flexibility index (Phi) is 3.79. The average Bonchev–Trinajstić information content (AvgIpc) is 3.24. The van der Waals surface area contributed by atoms with E-state index >= 15 is 0 Å². The molecule has 1 saturated heterocycles. The molecule has 3 rings (SSSR count). The van der Waals surface area contributed by atoms with Crippen LogP contribution in [-0.4, -0.2) is 25.7 Å². The third-order valence-corrected chi connectivity index (χ3v) is 4.52. The van der Waals surface area contributed by atoms with Gasteiger partial charge >= 0.3 is 0 Å². The van der Waals surface area contributed by atoms with Crippen LogP contribution in [0.1, 0.15) is 44.6 Å².